The highest BCUT2D eigenvalue weighted by Crippen LogP contribution is 2.42. The van der Waals surface area contributed by atoms with E-state index < -0.39 is 23.7 Å². The van der Waals surface area contributed by atoms with E-state index in [1.165, 1.54) is 17.4 Å². The average Bonchev–Trinajstić information content (AvgIpc) is 3.18. The minimum atomic E-state index is -0.921. The SMILES string of the molecule is CC(=O)Oc1ccc(C2/C(=C(/O)c3ccc4c(c3)CCCC4)C(=O)C(=O)N2c2ccc(C#N)cc2)cc1. The fraction of sp³-hybridized carbons (Fsp3) is 0.200. The summed E-state index contributed by atoms with van der Waals surface area (Å²) in [5.41, 5.74) is 4.22. The molecule has 1 N–H and O–H groups in total. The number of esters is 1. The molecular weight excluding hydrogens is 468 g/mol. The zero-order valence-corrected chi connectivity index (χ0v) is 20.2. The van der Waals surface area contributed by atoms with Gasteiger partial charge in [-0.1, -0.05) is 24.3 Å². The molecule has 0 aromatic heterocycles. The van der Waals surface area contributed by atoms with E-state index in [-0.39, 0.29) is 11.3 Å². The lowest BCUT2D eigenvalue weighted by Crippen LogP contribution is -2.29. The molecule has 37 heavy (non-hydrogen) atoms. The highest BCUT2D eigenvalue weighted by molar-refractivity contribution is 6.51. The van der Waals surface area contributed by atoms with E-state index >= 15 is 0 Å². The van der Waals surface area contributed by atoms with Gasteiger partial charge in [-0.05, 0) is 84.8 Å². The number of fused-ring (bicyclic) bond motifs is 1. The number of carbonyl (C=O) groups excluding carboxylic acids is 3. The van der Waals surface area contributed by atoms with Crippen molar-refractivity contribution in [2.45, 2.75) is 38.6 Å². The van der Waals surface area contributed by atoms with Crippen LogP contribution in [-0.2, 0) is 27.2 Å². The van der Waals surface area contributed by atoms with Gasteiger partial charge in [0.2, 0.25) is 0 Å². The molecule has 1 atom stereocenters. The van der Waals surface area contributed by atoms with Crippen LogP contribution < -0.4 is 9.64 Å². The number of benzene rings is 3. The number of nitriles is 1. The van der Waals surface area contributed by atoms with Crippen molar-refractivity contribution in [3.05, 3.63) is 100 Å². The fourth-order valence-corrected chi connectivity index (χ4v) is 5.03. The van der Waals surface area contributed by atoms with Crippen LogP contribution in [0.25, 0.3) is 5.76 Å². The van der Waals surface area contributed by atoms with Crippen molar-refractivity contribution in [2.24, 2.45) is 0 Å². The minimum absolute atomic E-state index is 0.0228. The highest BCUT2D eigenvalue weighted by Gasteiger charge is 2.47. The summed E-state index contributed by atoms with van der Waals surface area (Å²) in [6.07, 6.45) is 4.07. The van der Waals surface area contributed by atoms with Crippen molar-refractivity contribution >= 4 is 29.1 Å². The second-order valence-electron chi connectivity index (χ2n) is 9.18. The van der Waals surface area contributed by atoms with E-state index in [1.807, 2.05) is 18.2 Å². The van der Waals surface area contributed by atoms with Crippen molar-refractivity contribution in [1.29, 1.82) is 5.26 Å². The second-order valence-corrected chi connectivity index (χ2v) is 9.18. The average molecular weight is 493 g/mol. The van der Waals surface area contributed by atoms with E-state index in [1.54, 1.807) is 54.6 Å². The first kappa shape index (κ1) is 24.0. The monoisotopic (exact) mass is 492 g/mol. The van der Waals surface area contributed by atoms with Gasteiger partial charge in [0.15, 0.2) is 0 Å². The normalized spacial score (nSPS) is 18.3. The van der Waals surface area contributed by atoms with Crippen LogP contribution in [0.15, 0.2) is 72.3 Å². The lowest BCUT2D eigenvalue weighted by atomic mass is 9.88. The van der Waals surface area contributed by atoms with Gasteiger partial charge in [-0.25, -0.2) is 0 Å². The summed E-state index contributed by atoms with van der Waals surface area (Å²) in [4.78, 5) is 39.4. The molecule has 7 nitrogen and oxygen atoms in total. The Labute approximate surface area is 214 Å². The van der Waals surface area contributed by atoms with Gasteiger partial charge in [0, 0.05) is 18.2 Å². The molecule has 1 aliphatic heterocycles. The molecule has 1 fully saturated rings. The number of hydrogen-bond acceptors (Lipinski definition) is 6. The predicted molar refractivity (Wildman–Crippen MR) is 137 cm³/mol. The van der Waals surface area contributed by atoms with Crippen LogP contribution >= 0.6 is 0 Å². The second kappa shape index (κ2) is 9.75. The van der Waals surface area contributed by atoms with Crippen molar-refractivity contribution in [3.8, 4) is 11.8 Å². The Morgan fingerprint density at radius 1 is 0.973 bits per heavy atom. The Morgan fingerprint density at radius 3 is 2.30 bits per heavy atom. The van der Waals surface area contributed by atoms with Gasteiger partial charge in [0.05, 0.1) is 23.2 Å². The minimum Gasteiger partial charge on any atom is -0.507 e. The molecule has 1 saturated heterocycles. The maximum Gasteiger partial charge on any atom is 0.308 e. The van der Waals surface area contributed by atoms with Crippen LogP contribution in [0.2, 0.25) is 0 Å². The van der Waals surface area contributed by atoms with Gasteiger partial charge in [-0.2, -0.15) is 5.26 Å². The van der Waals surface area contributed by atoms with E-state index in [4.69, 9.17) is 4.74 Å². The van der Waals surface area contributed by atoms with Gasteiger partial charge in [-0.15, -0.1) is 0 Å². The van der Waals surface area contributed by atoms with Gasteiger partial charge in [0.25, 0.3) is 11.7 Å². The number of aliphatic hydroxyl groups excluding tert-OH is 1. The first-order chi connectivity index (χ1) is 17.9. The topological polar surface area (TPSA) is 108 Å². The first-order valence-corrected chi connectivity index (χ1v) is 12.1. The number of Topliss-reactive ketones (excluding diaryl/α,β-unsaturated/α-hetero) is 1. The van der Waals surface area contributed by atoms with E-state index in [0.29, 0.717) is 28.1 Å². The van der Waals surface area contributed by atoms with Crippen molar-refractivity contribution < 1.29 is 24.2 Å². The Bertz CT molecular complexity index is 1480. The zero-order valence-electron chi connectivity index (χ0n) is 20.2. The van der Waals surface area contributed by atoms with Gasteiger partial charge < -0.3 is 9.84 Å². The number of nitrogens with zero attached hydrogens (tertiary/aromatic N) is 2. The number of amides is 1. The Balaban J connectivity index is 1.65. The lowest BCUT2D eigenvalue weighted by molar-refractivity contribution is -0.132. The molecule has 2 aliphatic rings. The van der Waals surface area contributed by atoms with Crippen LogP contribution in [0.5, 0.6) is 5.75 Å². The highest BCUT2D eigenvalue weighted by atomic mass is 16.5. The summed E-state index contributed by atoms with van der Waals surface area (Å²) in [7, 11) is 0. The Hall–Kier alpha value is -4.70. The van der Waals surface area contributed by atoms with Gasteiger partial charge >= 0.3 is 5.97 Å². The number of rotatable bonds is 4. The standard InChI is InChI=1S/C30H24N2O5/c1-18(33)37-25-14-10-21(11-15-25)27-26(28(34)23-9-8-20-4-2-3-5-22(20)16-23)29(35)30(36)32(27)24-12-6-19(17-31)7-13-24/h6-16,27,34H,2-5H2,1H3/b28-26-. The number of aliphatic hydroxyl groups is 1. The maximum absolute atomic E-state index is 13.4. The van der Waals surface area contributed by atoms with E-state index in [0.717, 1.165) is 31.2 Å². The lowest BCUT2D eigenvalue weighted by Gasteiger charge is -2.25. The molecule has 7 heteroatoms. The summed E-state index contributed by atoms with van der Waals surface area (Å²) in [6.45, 7) is 1.30. The molecule has 1 amide bonds. The smallest absolute Gasteiger partial charge is 0.308 e. The quantitative estimate of drug-likeness (QED) is 0.181. The molecule has 184 valence electrons. The number of hydrogen-bond donors (Lipinski definition) is 1. The molecule has 1 unspecified atom stereocenters. The third-order valence-electron chi connectivity index (χ3n) is 6.80. The fourth-order valence-electron chi connectivity index (χ4n) is 5.03. The maximum atomic E-state index is 13.4. The molecule has 0 saturated carbocycles. The molecule has 3 aromatic rings. The van der Waals surface area contributed by atoms with Gasteiger partial charge in [0.1, 0.15) is 11.5 Å². The van der Waals surface area contributed by atoms with Gasteiger partial charge in [-0.3, -0.25) is 19.3 Å². The zero-order chi connectivity index (χ0) is 26.1. The molecular formula is C30H24N2O5. The van der Waals surface area contributed by atoms with Crippen LogP contribution in [0.3, 0.4) is 0 Å². The molecule has 0 bridgehead atoms. The Morgan fingerprint density at radius 2 is 1.65 bits per heavy atom. The summed E-state index contributed by atoms with van der Waals surface area (Å²) in [5.74, 6) is -1.96. The number of anilines is 1. The molecule has 3 aromatic carbocycles. The van der Waals surface area contributed by atoms with E-state index in [9.17, 15) is 24.8 Å². The van der Waals surface area contributed by atoms with Crippen molar-refractivity contribution in [2.75, 3.05) is 4.90 Å². The third kappa shape index (κ3) is 4.50. The Kier molecular flexibility index (Phi) is 6.33. The largest absolute Gasteiger partial charge is 0.507 e. The van der Waals surface area contributed by atoms with Crippen LogP contribution in [0, 0.1) is 11.3 Å². The van der Waals surface area contributed by atoms with Crippen LogP contribution in [0.1, 0.15) is 53.6 Å². The summed E-state index contributed by atoms with van der Waals surface area (Å²) in [5, 5.41) is 20.6. The van der Waals surface area contributed by atoms with Crippen molar-refractivity contribution in [1.82, 2.24) is 0 Å². The number of ether oxygens (including phenoxy) is 1. The third-order valence-corrected chi connectivity index (χ3v) is 6.80. The molecule has 1 heterocycles. The summed E-state index contributed by atoms with van der Waals surface area (Å²) >= 11 is 0. The number of ketones is 1. The van der Waals surface area contributed by atoms with Crippen molar-refractivity contribution in [3.63, 3.8) is 0 Å². The molecule has 5 rings (SSSR count). The predicted octanol–water partition coefficient (Wildman–Crippen LogP) is 4.99. The molecule has 1 aliphatic carbocycles. The number of carbonyl (C=O) groups is 3. The van der Waals surface area contributed by atoms with E-state index in [2.05, 4.69) is 0 Å². The summed E-state index contributed by atoms with van der Waals surface area (Å²) < 4.78 is 5.13. The molecule has 0 spiro atoms. The summed E-state index contributed by atoms with van der Waals surface area (Å²) in [6, 6.07) is 19.6. The number of aryl methyl sites for hydroxylation is 2. The molecule has 0 radical (unpaired) electrons. The van der Waals surface area contributed by atoms with Crippen LogP contribution in [-0.4, -0.2) is 22.8 Å². The first-order valence-electron chi connectivity index (χ1n) is 12.1. The van der Waals surface area contributed by atoms with Crippen LogP contribution in [0.4, 0.5) is 5.69 Å².